The minimum atomic E-state index is 0.605. The van der Waals surface area contributed by atoms with Crippen molar-refractivity contribution in [2.45, 2.75) is 6.42 Å². The number of nitrogens with zero attached hydrogens (tertiary/aromatic N) is 1. The molecule has 4 nitrogen and oxygen atoms in total. The Balaban J connectivity index is 2.15. The van der Waals surface area contributed by atoms with Gasteiger partial charge in [-0.05, 0) is 28.5 Å². The third-order valence-corrected chi connectivity index (χ3v) is 3.87. The fourth-order valence-corrected chi connectivity index (χ4v) is 2.71. The molecule has 0 spiro atoms. The van der Waals surface area contributed by atoms with Crippen molar-refractivity contribution in [1.29, 1.82) is 0 Å². The summed E-state index contributed by atoms with van der Waals surface area (Å²) in [6, 6.07) is 8.19. The lowest BCUT2D eigenvalue weighted by atomic mass is 10.1. The molecule has 0 radical (unpaired) electrons. The Morgan fingerprint density at radius 3 is 2.94 bits per heavy atom. The molecule has 0 saturated heterocycles. The summed E-state index contributed by atoms with van der Waals surface area (Å²) < 4.78 is 0.998. The standard InChI is InChI=1S/C13H13BrN4/c14-12-11(5-6-15)17-18-13(12)9-7-16-10-4-2-1-3-8(9)10/h1-4,7,16H,5-6,15H2,(H,17,18). The van der Waals surface area contributed by atoms with Gasteiger partial charge in [0.05, 0.1) is 10.2 Å². The molecular weight excluding hydrogens is 292 g/mol. The lowest BCUT2D eigenvalue weighted by Crippen LogP contribution is -2.03. The van der Waals surface area contributed by atoms with Crippen LogP contribution in [0.1, 0.15) is 5.69 Å². The number of rotatable bonds is 3. The number of para-hydroxylation sites is 1. The highest BCUT2D eigenvalue weighted by Gasteiger charge is 2.15. The maximum absolute atomic E-state index is 5.57. The first-order valence-electron chi connectivity index (χ1n) is 5.80. The lowest BCUT2D eigenvalue weighted by molar-refractivity contribution is 0.899. The molecule has 18 heavy (non-hydrogen) atoms. The summed E-state index contributed by atoms with van der Waals surface area (Å²) in [6.45, 7) is 0.605. The topological polar surface area (TPSA) is 70.5 Å². The summed E-state index contributed by atoms with van der Waals surface area (Å²) in [5.74, 6) is 0. The summed E-state index contributed by atoms with van der Waals surface area (Å²) in [6.07, 6.45) is 2.77. The Labute approximate surface area is 113 Å². The van der Waals surface area contributed by atoms with E-state index in [0.29, 0.717) is 6.54 Å². The van der Waals surface area contributed by atoms with Crippen LogP contribution in [0.4, 0.5) is 0 Å². The molecular formula is C13H13BrN4. The molecule has 0 amide bonds. The van der Waals surface area contributed by atoms with Gasteiger partial charge in [-0.2, -0.15) is 5.10 Å². The van der Waals surface area contributed by atoms with E-state index in [4.69, 9.17) is 5.73 Å². The Kier molecular flexibility index (Phi) is 2.93. The first-order valence-corrected chi connectivity index (χ1v) is 6.60. The van der Waals surface area contributed by atoms with Gasteiger partial charge in [-0.15, -0.1) is 0 Å². The molecule has 2 heterocycles. The molecule has 0 aliphatic heterocycles. The first-order chi connectivity index (χ1) is 8.81. The van der Waals surface area contributed by atoms with Gasteiger partial charge in [-0.25, -0.2) is 0 Å². The highest BCUT2D eigenvalue weighted by molar-refractivity contribution is 9.10. The summed E-state index contributed by atoms with van der Waals surface area (Å²) in [4.78, 5) is 3.26. The number of fused-ring (bicyclic) bond motifs is 1. The number of hydrogen-bond acceptors (Lipinski definition) is 2. The highest BCUT2D eigenvalue weighted by atomic mass is 79.9. The van der Waals surface area contributed by atoms with E-state index in [-0.39, 0.29) is 0 Å². The van der Waals surface area contributed by atoms with E-state index in [0.717, 1.165) is 33.4 Å². The molecule has 1 aromatic carbocycles. The van der Waals surface area contributed by atoms with Crippen LogP contribution in [0, 0.1) is 0 Å². The van der Waals surface area contributed by atoms with Crippen molar-refractivity contribution >= 4 is 26.8 Å². The van der Waals surface area contributed by atoms with Gasteiger partial charge in [0.1, 0.15) is 5.69 Å². The van der Waals surface area contributed by atoms with E-state index in [1.165, 1.54) is 5.39 Å². The van der Waals surface area contributed by atoms with Crippen LogP contribution < -0.4 is 5.73 Å². The zero-order valence-electron chi connectivity index (χ0n) is 9.70. The highest BCUT2D eigenvalue weighted by Crippen LogP contribution is 2.33. The second kappa shape index (κ2) is 4.59. The monoisotopic (exact) mass is 304 g/mol. The van der Waals surface area contributed by atoms with Crippen molar-refractivity contribution in [2.24, 2.45) is 5.73 Å². The maximum atomic E-state index is 5.57. The minimum absolute atomic E-state index is 0.605. The number of H-pyrrole nitrogens is 2. The van der Waals surface area contributed by atoms with Crippen molar-refractivity contribution in [2.75, 3.05) is 6.54 Å². The SMILES string of the molecule is NCCc1[nH]nc(-c2c[nH]c3ccccc23)c1Br. The quantitative estimate of drug-likeness (QED) is 0.696. The second-order valence-electron chi connectivity index (χ2n) is 4.15. The van der Waals surface area contributed by atoms with Crippen LogP contribution in [0.15, 0.2) is 34.9 Å². The lowest BCUT2D eigenvalue weighted by Gasteiger charge is -1.97. The number of aromatic amines is 2. The summed E-state index contributed by atoms with van der Waals surface area (Å²) in [5, 5.41) is 8.59. The average Bonchev–Trinajstić information content (AvgIpc) is 2.95. The number of hydrogen-bond donors (Lipinski definition) is 3. The molecule has 0 aliphatic rings. The molecule has 2 aromatic heterocycles. The third-order valence-electron chi connectivity index (χ3n) is 3.01. The number of nitrogens with two attached hydrogens (primary N) is 1. The second-order valence-corrected chi connectivity index (χ2v) is 4.94. The van der Waals surface area contributed by atoms with Crippen molar-refractivity contribution in [3.63, 3.8) is 0 Å². The van der Waals surface area contributed by atoms with E-state index in [1.807, 2.05) is 18.3 Å². The molecule has 92 valence electrons. The van der Waals surface area contributed by atoms with E-state index < -0.39 is 0 Å². The van der Waals surface area contributed by atoms with Gasteiger partial charge in [0.15, 0.2) is 0 Å². The van der Waals surface area contributed by atoms with Crippen LogP contribution in [0.3, 0.4) is 0 Å². The maximum Gasteiger partial charge on any atom is 0.109 e. The predicted octanol–water partition coefficient (Wildman–Crippen LogP) is 2.82. The molecule has 4 N–H and O–H groups in total. The van der Waals surface area contributed by atoms with Crippen LogP contribution in [0.2, 0.25) is 0 Å². The van der Waals surface area contributed by atoms with Crippen LogP contribution >= 0.6 is 15.9 Å². The molecule has 5 heteroatoms. The van der Waals surface area contributed by atoms with Crippen LogP contribution in [-0.4, -0.2) is 21.7 Å². The Bertz CT molecular complexity index is 683. The van der Waals surface area contributed by atoms with Crippen molar-refractivity contribution < 1.29 is 0 Å². The Morgan fingerprint density at radius 2 is 2.11 bits per heavy atom. The van der Waals surface area contributed by atoms with Gasteiger partial charge in [0.25, 0.3) is 0 Å². The number of nitrogens with one attached hydrogen (secondary N) is 2. The van der Waals surface area contributed by atoms with Gasteiger partial charge in [-0.3, -0.25) is 5.10 Å². The van der Waals surface area contributed by atoms with Crippen molar-refractivity contribution in [1.82, 2.24) is 15.2 Å². The van der Waals surface area contributed by atoms with Gasteiger partial charge < -0.3 is 10.7 Å². The molecule has 0 aliphatic carbocycles. The van der Waals surface area contributed by atoms with Gasteiger partial charge in [0.2, 0.25) is 0 Å². The smallest absolute Gasteiger partial charge is 0.109 e. The van der Waals surface area contributed by atoms with Crippen LogP contribution in [0.25, 0.3) is 22.2 Å². The van der Waals surface area contributed by atoms with Gasteiger partial charge in [-0.1, -0.05) is 18.2 Å². The zero-order valence-corrected chi connectivity index (χ0v) is 11.3. The van der Waals surface area contributed by atoms with E-state index in [2.05, 4.69) is 43.2 Å². The third kappa shape index (κ3) is 1.76. The van der Waals surface area contributed by atoms with Crippen molar-refractivity contribution in [3.05, 3.63) is 40.6 Å². The largest absolute Gasteiger partial charge is 0.360 e. The molecule has 0 fully saturated rings. The molecule has 3 rings (SSSR count). The molecule has 0 bridgehead atoms. The summed E-state index contributed by atoms with van der Waals surface area (Å²) in [5.41, 5.74) is 9.75. The predicted molar refractivity (Wildman–Crippen MR) is 76.3 cm³/mol. The van der Waals surface area contributed by atoms with E-state index >= 15 is 0 Å². The summed E-state index contributed by atoms with van der Waals surface area (Å²) in [7, 11) is 0. The Morgan fingerprint density at radius 1 is 1.28 bits per heavy atom. The van der Waals surface area contributed by atoms with Crippen molar-refractivity contribution in [3.8, 4) is 11.3 Å². The molecule has 0 saturated carbocycles. The van der Waals surface area contributed by atoms with E-state index in [1.54, 1.807) is 0 Å². The minimum Gasteiger partial charge on any atom is -0.360 e. The fraction of sp³-hybridized carbons (Fsp3) is 0.154. The van der Waals surface area contributed by atoms with Gasteiger partial charge >= 0.3 is 0 Å². The normalized spacial score (nSPS) is 11.2. The molecule has 0 unspecified atom stereocenters. The number of benzene rings is 1. The summed E-state index contributed by atoms with van der Waals surface area (Å²) >= 11 is 3.60. The first kappa shape index (κ1) is 11.5. The Hall–Kier alpha value is -1.59. The van der Waals surface area contributed by atoms with Crippen LogP contribution in [0.5, 0.6) is 0 Å². The molecule has 3 aromatic rings. The number of aromatic nitrogens is 3. The molecule has 0 atom stereocenters. The number of halogens is 1. The zero-order chi connectivity index (χ0) is 12.5. The van der Waals surface area contributed by atoms with E-state index in [9.17, 15) is 0 Å². The van der Waals surface area contributed by atoms with Gasteiger partial charge in [0, 0.05) is 29.1 Å². The van der Waals surface area contributed by atoms with Crippen LogP contribution in [-0.2, 0) is 6.42 Å². The fourth-order valence-electron chi connectivity index (χ4n) is 2.12. The average molecular weight is 305 g/mol.